The summed E-state index contributed by atoms with van der Waals surface area (Å²) in [7, 11) is 0. The summed E-state index contributed by atoms with van der Waals surface area (Å²) in [5.41, 5.74) is 8.22. The van der Waals surface area contributed by atoms with E-state index in [1.807, 2.05) is 25.1 Å². The van der Waals surface area contributed by atoms with Gasteiger partial charge in [0.1, 0.15) is 0 Å². The van der Waals surface area contributed by atoms with Crippen molar-refractivity contribution in [2.75, 3.05) is 11.1 Å². The quantitative estimate of drug-likeness (QED) is 0.833. The van der Waals surface area contributed by atoms with Crippen LogP contribution in [0.25, 0.3) is 0 Å². The molecule has 3 N–H and O–H groups in total. The zero-order valence-electron chi connectivity index (χ0n) is 9.04. The van der Waals surface area contributed by atoms with E-state index in [2.05, 4.69) is 31.2 Å². The summed E-state index contributed by atoms with van der Waals surface area (Å²) in [5.74, 6) is 0.506. The molecule has 1 heterocycles. The largest absolute Gasteiger partial charge is 0.394 e. The molecule has 6 heteroatoms. The van der Waals surface area contributed by atoms with Gasteiger partial charge in [0.2, 0.25) is 5.28 Å². The van der Waals surface area contributed by atoms with Gasteiger partial charge in [0.05, 0.1) is 11.9 Å². The first kappa shape index (κ1) is 12.1. The highest BCUT2D eigenvalue weighted by atomic mass is 79.9. The predicted octanol–water partition coefficient (Wildman–Crippen LogP) is 3.53. The van der Waals surface area contributed by atoms with Crippen LogP contribution in [0.4, 0.5) is 17.2 Å². The Kier molecular flexibility index (Phi) is 3.49. The minimum absolute atomic E-state index is 0.163. The fourth-order valence-electron chi connectivity index (χ4n) is 1.33. The van der Waals surface area contributed by atoms with E-state index in [1.54, 1.807) is 0 Å². The van der Waals surface area contributed by atoms with Gasteiger partial charge < -0.3 is 11.1 Å². The normalized spacial score (nSPS) is 10.3. The van der Waals surface area contributed by atoms with Crippen LogP contribution >= 0.6 is 27.5 Å². The maximum atomic E-state index is 5.75. The van der Waals surface area contributed by atoms with Crippen molar-refractivity contribution in [3.8, 4) is 0 Å². The van der Waals surface area contributed by atoms with Crippen LogP contribution in [0.5, 0.6) is 0 Å². The minimum Gasteiger partial charge on any atom is -0.394 e. The topological polar surface area (TPSA) is 63.8 Å². The molecule has 0 aliphatic rings. The van der Waals surface area contributed by atoms with Gasteiger partial charge in [-0.3, -0.25) is 0 Å². The van der Waals surface area contributed by atoms with Crippen molar-refractivity contribution >= 4 is 44.7 Å². The van der Waals surface area contributed by atoms with Crippen LogP contribution in [0.2, 0.25) is 5.28 Å². The molecule has 1 aromatic carbocycles. The number of benzene rings is 1. The minimum atomic E-state index is 0.163. The van der Waals surface area contributed by atoms with Crippen molar-refractivity contribution in [1.82, 2.24) is 9.97 Å². The molecule has 0 bridgehead atoms. The standard InChI is InChI=1S/C11H10BrClN4/c1-6-4-7(2-3-8(6)12)16-10-9(14)5-15-11(13)17-10/h2-5H,14H2,1H3,(H,15,16,17). The van der Waals surface area contributed by atoms with Crippen molar-refractivity contribution in [3.63, 3.8) is 0 Å². The lowest BCUT2D eigenvalue weighted by atomic mass is 10.2. The molecular formula is C11H10BrClN4. The first-order chi connectivity index (χ1) is 8.06. The highest BCUT2D eigenvalue weighted by molar-refractivity contribution is 9.10. The van der Waals surface area contributed by atoms with E-state index in [0.717, 1.165) is 15.7 Å². The first-order valence-corrected chi connectivity index (χ1v) is 6.04. The highest BCUT2D eigenvalue weighted by Gasteiger charge is 2.04. The Morgan fingerprint density at radius 1 is 1.41 bits per heavy atom. The number of nitrogens with zero attached hydrogens (tertiary/aromatic N) is 2. The molecule has 0 fully saturated rings. The van der Waals surface area contributed by atoms with Crippen LogP contribution in [-0.2, 0) is 0 Å². The monoisotopic (exact) mass is 312 g/mol. The van der Waals surface area contributed by atoms with Crippen LogP contribution in [-0.4, -0.2) is 9.97 Å². The Morgan fingerprint density at radius 2 is 2.18 bits per heavy atom. The highest BCUT2D eigenvalue weighted by Crippen LogP contribution is 2.25. The third-order valence-corrected chi connectivity index (χ3v) is 3.28. The van der Waals surface area contributed by atoms with Crippen molar-refractivity contribution in [3.05, 3.63) is 39.7 Å². The second kappa shape index (κ2) is 4.89. The van der Waals surface area contributed by atoms with Gasteiger partial charge in [-0.2, -0.15) is 4.98 Å². The molecule has 2 aromatic rings. The number of aromatic nitrogens is 2. The smallest absolute Gasteiger partial charge is 0.224 e. The van der Waals surface area contributed by atoms with Gasteiger partial charge in [0, 0.05) is 10.2 Å². The number of halogens is 2. The summed E-state index contributed by atoms with van der Waals surface area (Å²) in [5, 5.41) is 3.26. The average molecular weight is 314 g/mol. The van der Waals surface area contributed by atoms with Gasteiger partial charge in [0.25, 0.3) is 0 Å². The van der Waals surface area contributed by atoms with Gasteiger partial charge in [0.15, 0.2) is 5.82 Å². The summed E-state index contributed by atoms with van der Waals surface area (Å²) >= 11 is 9.16. The first-order valence-electron chi connectivity index (χ1n) is 4.87. The van der Waals surface area contributed by atoms with Gasteiger partial charge in [-0.15, -0.1) is 0 Å². The van der Waals surface area contributed by atoms with Crippen molar-refractivity contribution in [2.24, 2.45) is 0 Å². The molecule has 17 heavy (non-hydrogen) atoms. The molecule has 4 nitrogen and oxygen atoms in total. The molecule has 0 unspecified atom stereocenters. The molecule has 0 spiro atoms. The molecule has 0 radical (unpaired) electrons. The zero-order valence-corrected chi connectivity index (χ0v) is 11.4. The third kappa shape index (κ3) is 2.87. The zero-order chi connectivity index (χ0) is 12.4. The Morgan fingerprint density at radius 3 is 2.88 bits per heavy atom. The van der Waals surface area contributed by atoms with E-state index in [4.69, 9.17) is 17.3 Å². The SMILES string of the molecule is Cc1cc(Nc2nc(Cl)ncc2N)ccc1Br. The molecule has 0 amide bonds. The molecule has 0 aliphatic carbocycles. The number of hydrogen-bond acceptors (Lipinski definition) is 4. The molecule has 88 valence electrons. The molecule has 0 saturated heterocycles. The average Bonchev–Trinajstić information content (AvgIpc) is 2.29. The fraction of sp³-hybridized carbons (Fsp3) is 0.0909. The van der Waals surface area contributed by atoms with E-state index < -0.39 is 0 Å². The summed E-state index contributed by atoms with van der Waals surface area (Å²) in [4.78, 5) is 7.82. The number of hydrogen-bond donors (Lipinski definition) is 2. The lowest BCUT2D eigenvalue weighted by molar-refractivity contribution is 1.17. The Balaban J connectivity index is 2.31. The Labute approximate surface area is 112 Å². The van der Waals surface area contributed by atoms with E-state index >= 15 is 0 Å². The molecule has 0 saturated carbocycles. The number of rotatable bonds is 2. The van der Waals surface area contributed by atoms with E-state index in [0.29, 0.717) is 11.5 Å². The molecule has 0 atom stereocenters. The van der Waals surface area contributed by atoms with E-state index in [1.165, 1.54) is 6.20 Å². The van der Waals surface area contributed by atoms with E-state index in [9.17, 15) is 0 Å². The van der Waals surface area contributed by atoms with Gasteiger partial charge >= 0.3 is 0 Å². The summed E-state index contributed by atoms with van der Waals surface area (Å²) in [6.07, 6.45) is 1.48. The van der Waals surface area contributed by atoms with Crippen molar-refractivity contribution < 1.29 is 0 Å². The number of nitrogens with one attached hydrogen (secondary N) is 1. The van der Waals surface area contributed by atoms with Crippen LogP contribution < -0.4 is 11.1 Å². The lowest BCUT2D eigenvalue weighted by Gasteiger charge is -2.09. The fourth-order valence-corrected chi connectivity index (χ4v) is 1.71. The number of anilines is 3. The molecule has 2 rings (SSSR count). The second-order valence-electron chi connectivity index (χ2n) is 3.53. The lowest BCUT2D eigenvalue weighted by Crippen LogP contribution is -2.00. The third-order valence-electron chi connectivity index (χ3n) is 2.21. The molecule has 1 aromatic heterocycles. The summed E-state index contributed by atoms with van der Waals surface area (Å²) in [6.45, 7) is 2.01. The van der Waals surface area contributed by atoms with Crippen molar-refractivity contribution in [2.45, 2.75) is 6.92 Å². The maximum Gasteiger partial charge on any atom is 0.224 e. The van der Waals surface area contributed by atoms with Crippen LogP contribution in [0.3, 0.4) is 0 Å². The molecule has 0 aliphatic heterocycles. The predicted molar refractivity (Wildman–Crippen MR) is 73.6 cm³/mol. The van der Waals surface area contributed by atoms with Gasteiger partial charge in [-0.05, 0) is 42.3 Å². The van der Waals surface area contributed by atoms with Crippen LogP contribution in [0, 0.1) is 6.92 Å². The van der Waals surface area contributed by atoms with E-state index in [-0.39, 0.29) is 5.28 Å². The van der Waals surface area contributed by atoms with Crippen LogP contribution in [0.1, 0.15) is 5.56 Å². The number of aryl methyl sites for hydroxylation is 1. The Hall–Kier alpha value is -1.33. The molecular weight excluding hydrogens is 304 g/mol. The number of nitrogens with two attached hydrogens (primary N) is 1. The van der Waals surface area contributed by atoms with Crippen molar-refractivity contribution in [1.29, 1.82) is 0 Å². The number of nitrogen functional groups attached to an aromatic ring is 1. The van der Waals surface area contributed by atoms with Crippen LogP contribution in [0.15, 0.2) is 28.9 Å². The second-order valence-corrected chi connectivity index (χ2v) is 4.72. The maximum absolute atomic E-state index is 5.75. The summed E-state index contributed by atoms with van der Waals surface area (Å²) in [6, 6.07) is 5.86. The van der Waals surface area contributed by atoms with Gasteiger partial charge in [-0.1, -0.05) is 15.9 Å². The van der Waals surface area contributed by atoms with Gasteiger partial charge in [-0.25, -0.2) is 4.98 Å². The summed E-state index contributed by atoms with van der Waals surface area (Å²) < 4.78 is 1.05. The Bertz CT molecular complexity index is 559.